The van der Waals surface area contributed by atoms with Crippen LogP contribution in [0, 0.1) is 0 Å². The molecule has 3 nitrogen and oxygen atoms in total. The maximum Gasteiger partial charge on any atom is 0.237 e. The number of hydrogen-bond donors (Lipinski definition) is 2. The Morgan fingerprint density at radius 2 is 2.00 bits per heavy atom. The van der Waals surface area contributed by atoms with E-state index in [2.05, 4.69) is 47.9 Å². The van der Waals surface area contributed by atoms with Gasteiger partial charge in [0.05, 0.1) is 12.1 Å². The van der Waals surface area contributed by atoms with Gasteiger partial charge in [0.1, 0.15) is 0 Å². The highest BCUT2D eigenvalue weighted by Crippen LogP contribution is 2.24. The minimum absolute atomic E-state index is 0.0207. The number of fused-ring (bicyclic) bond motifs is 1. The fraction of sp³-hybridized carbons (Fsp3) is 0.389. The second kappa shape index (κ2) is 6.27. The smallest absolute Gasteiger partial charge is 0.237 e. The van der Waals surface area contributed by atoms with Crippen molar-refractivity contribution in [2.75, 3.05) is 6.54 Å². The lowest BCUT2D eigenvalue weighted by Crippen LogP contribution is -2.47. The number of amides is 1. The van der Waals surface area contributed by atoms with Crippen LogP contribution in [0.4, 0.5) is 0 Å². The summed E-state index contributed by atoms with van der Waals surface area (Å²) in [4.78, 5) is 12.3. The molecule has 110 valence electrons. The average Bonchev–Trinajstić information content (AvgIpc) is 2.55. The largest absolute Gasteiger partial charge is 0.348 e. The number of carbonyl (C=O) groups is 1. The van der Waals surface area contributed by atoms with Gasteiger partial charge in [0.15, 0.2) is 0 Å². The molecule has 0 spiro atoms. The van der Waals surface area contributed by atoms with Gasteiger partial charge in [0.2, 0.25) is 5.91 Å². The molecule has 0 aliphatic carbocycles. The Labute approximate surface area is 125 Å². The summed E-state index contributed by atoms with van der Waals surface area (Å²) in [5.41, 5.74) is 1.18. The predicted molar refractivity (Wildman–Crippen MR) is 86.1 cm³/mol. The van der Waals surface area contributed by atoms with Crippen LogP contribution in [0.25, 0.3) is 10.8 Å². The molecule has 2 N–H and O–H groups in total. The van der Waals surface area contributed by atoms with Gasteiger partial charge in [-0.3, -0.25) is 4.79 Å². The summed E-state index contributed by atoms with van der Waals surface area (Å²) >= 11 is 0. The molecule has 0 radical (unpaired) electrons. The van der Waals surface area contributed by atoms with Gasteiger partial charge in [-0.2, -0.15) is 0 Å². The first-order chi connectivity index (χ1) is 10.3. The molecule has 2 aromatic carbocycles. The first-order valence-corrected chi connectivity index (χ1v) is 7.77. The van der Waals surface area contributed by atoms with E-state index in [1.165, 1.54) is 22.8 Å². The second-order valence-electron chi connectivity index (χ2n) is 5.80. The van der Waals surface area contributed by atoms with E-state index in [0.717, 1.165) is 19.4 Å². The number of benzene rings is 2. The van der Waals surface area contributed by atoms with Crippen LogP contribution in [0.3, 0.4) is 0 Å². The van der Waals surface area contributed by atoms with Crippen molar-refractivity contribution in [1.82, 2.24) is 10.6 Å². The fourth-order valence-electron chi connectivity index (χ4n) is 3.10. The molecule has 1 aliphatic heterocycles. The zero-order valence-corrected chi connectivity index (χ0v) is 12.4. The van der Waals surface area contributed by atoms with Gasteiger partial charge in [-0.05, 0) is 42.6 Å². The van der Waals surface area contributed by atoms with Crippen LogP contribution in [0.5, 0.6) is 0 Å². The van der Waals surface area contributed by atoms with Crippen LogP contribution in [-0.2, 0) is 4.79 Å². The maximum atomic E-state index is 12.3. The number of rotatable bonds is 3. The fourth-order valence-corrected chi connectivity index (χ4v) is 3.10. The van der Waals surface area contributed by atoms with Crippen molar-refractivity contribution >= 4 is 16.7 Å². The molecule has 2 atom stereocenters. The molecule has 1 amide bonds. The number of nitrogens with one attached hydrogen (secondary N) is 2. The molecule has 2 aromatic rings. The topological polar surface area (TPSA) is 41.1 Å². The molecule has 1 aliphatic rings. The molecule has 1 fully saturated rings. The van der Waals surface area contributed by atoms with E-state index in [4.69, 9.17) is 0 Å². The van der Waals surface area contributed by atoms with Crippen molar-refractivity contribution in [3.8, 4) is 0 Å². The van der Waals surface area contributed by atoms with E-state index < -0.39 is 0 Å². The third kappa shape index (κ3) is 3.08. The highest BCUT2D eigenvalue weighted by molar-refractivity contribution is 5.87. The lowest BCUT2D eigenvalue weighted by atomic mass is 9.98. The summed E-state index contributed by atoms with van der Waals surface area (Å²) in [7, 11) is 0. The third-order valence-electron chi connectivity index (χ3n) is 4.28. The Balaban J connectivity index is 1.77. The average molecular weight is 282 g/mol. The molecule has 0 aromatic heterocycles. The van der Waals surface area contributed by atoms with Crippen molar-refractivity contribution in [1.29, 1.82) is 0 Å². The molecule has 0 bridgehead atoms. The first kappa shape index (κ1) is 14.1. The van der Waals surface area contributed by atoms with E-state index in [1.807, 2.05) is 12.1 Å². The molecular formula is C18H22N2O. The van der Waals surface area contributed by atoms with E-state index in [9.17, 15) is 4.79 Å². The molecule has 1 saturated heterocycles. The van der Waals surface area contributed by atoms with Gasteiger partial charge in [-0.1, -0.05) is 48.9 Å². The van der Waals surface area contributed by atoms with Crippen molar-refractivity contribution in [3.63, 3.8) is 0 Å². The summed E-state index contributed by atoms with van der Waals surface area (Å²) in [5, 5.41) is 8.88. The Bertz CT molecular complexity index is 627. The van der Waals surface area contributed by atoms with E-state index in [1.54, 1.807) is 0 Å². The molecule has 1 heterocycles. The summed E-state index contributed by atoms with van der Waals surface area (Å²) in [6, 6.07) is 14.6. The Morgan fingerprint density at radius 1 is 1.19 bits per heavy atom. The van der Waals surface area contributed by atoms with Gasteiger partial charge < -0.3 is 10.6 Å². The summed E-state index contributed by atoms with van der Waals surface area (Å²) < 4.78 is 0. The second-order valence-corrected chi connectivity index (χ2v) is 5.80. The standard InChI is InChI=1S/C18H22N2O/c1-13(20-18(21)17-11-4-5-12-19-17)15-10-6-8-14-7-2-3-9-16(14)15/h2-3,6-10,13,17,19H,4-5,11-12H2,1H3,(H,20,21)/t13?,17-/m0/s1. The summed E-state index contributed by atoms with van der Waals surface area (Å²) in [6.45, 7) is 3.00. The monoisotopic (exact) mass is 282 g/mol. The Morgan fingerprint density at radius 3 is 2.81 bits per heavy atom. The molecular weight excluding hydrogens is 260 g/mol. The van der Waals surface area contributed by atoms with Crippen LogP contribution >= 0.6 is 0 Å². The molecule has 3 rings (SSSR count). The van der Waals surface area contributed by atoms with Crippen LogP contribution in [-0.4, -0.2) is 18.5 Å². The van der Waals surface area contributed by atoms with E-state index in [0.29, 0.717) is 0 Å². The molecule has 21 heavy (non-hydrogen) atoms. The van der Waals surface area contributed by atoms with E-state index in [-0.39, 0.29) is 18.0 Å². The summed E-state index contributed by atoms with van der Waals surface area (Å²) in [6.07, 6.45) is 3.24. The van der Waals surface area contributed by atoms with Crippen LogP contribution in [0.15, 0.2) is 42.5 Å². The van der Waals surface area contributed by atoms with Gasteiger partial charge in [-0.15, -0.1) is 0 Å². The van der Waals surface area contributed by atoms with Gasteiger partial charge in [0, 0.05) is 0 Å². The highest BCUT2D eigenvalue weighted by Gasteiger charge is 2.22. The lowest BCUT2D eigenvalue weighted by Gasteiger charge is -2.25. The van der Waals surface area contributed by atoms with Crippen LogP contribution < -0.4 is 10.6 Å². The molecule has 3 heteroatoms. The minimum Gasteiger partial charge on any atom is -0.348 e. The Kier molecular flexibility index (Phi) is 4.20. The highest BCUT2D eigenvalue weighted by atomic mass is 16.2. The predicted octanol–water partition coefficient (Wildman–Crippen LogP) is 3.16. The van der Waals surface area contributed by atoms with Crippen LogP contribution in [0.2, 0.25) is 0 Å². The summed E-state index contributed by atoms with van der Waals surface area (Å²) in [5.74, 6) is 0.120. The quantitative estimate of drug-likeness (QED) is 0.908. The normalized spacial score (nSPS) is 20.1. The number of carbonyl (C=O) groups excluding carboxylic acids is 1. The maximum absolute atomic E-state index is 12.3. The molecule has 0 saturated carbocycles. The van der Waals surface area contributed by atoms with Crippen molar-refractivity contribution < 1.29 is 4.79 Å². The SMILES string of the molecule is CC(NC(=O)[C@@H]1CCCCN1)c1cccc2ccccc12. The number of piperidine rings is 1. The zero-order valence-electron chi connectivity index (χ0n) is 12.4. The van der Waals surface area contributed by atoms with E-state index >= 15 is 0 Å². The third-order valence-corrected chi connectivity index (χ3v) is 4.28. The van der Waals surface area contributed by atoms with Crippen molar-refractivity contribution in [3.05, 3.63) is 48.0 Å². The van der Waals surface area contributed by atoms with Gasteiger partial charge in [-0.25, -0.2) is 0 Å². The van der Waals surface area contributed by atoms with Gasteiger partial charge in [0.25, 0.3) is 0 Å². The first-order valence-electron chi connectivity index (χ1n) is 7.77. The minimum atomic E-state index is -0.0313. The Hall–Kier alpha value is -1.87. The molecule has 1 unspecified atom stereocenters. The lowest BCUT2D eigenvalue weighted by molar-refractivity contribution is -0.124. The van der Waals surface area contributed by atoms with Gasteiger partial charge >= 0.3 is 0 Å². The van der Waals surface area contributed by atoms with Crippen molar-refractivity contribution in [2.45, 2.75) is 38.3 Å². The number of hydrogen-bond acceptors (Lipinski definition) is 2. The van der Waals surface area contributed by atoms with Crippen LogP contribution in [0.1, 0.15) is 37.8 Å². The van der Waals surface area contributed by atoms with Crippen molar-refractivity contribution in [2.24, 2.45) is 0 Å². The zero-order chi connectivity index (χ0) is 14.7.